The summed E-state index contributed by atoms with van der Waals surface area (Å²) in [7, 11) is 0. The lowest BCUT2D eigenvalue weighted by Crippen LogP contribution is -2.18. The molecule has 0 aliphatic carbocycles. The van der Waals surface area contributed by atoms with Crippen molar-refractivity contribution in [2.75, 3.05) is 11.9 Å². The van der Waals surface area contributed by atoms with Crippen molar-refractivity contribution in [1.82, 2.24) is 0 Å². The van der Waals surface area contributed by atoms with Crippen molar-refractivity contribution in [3.05, 3.63) is 29.0 Å². The first-order valence-corrected chi connectivity index (χ1v) is 5.31. The largest absolute Gasteiger partial charge is 0.466 e. The summed E-state index contributed by atoms with van der Waals surface area (Å²) in [6.07, 6.45) is -0.386. The van der Waals surface area contributed by atoms with Crippen molar-refractivity contribution in [3.8, 4) is 0 Å². The number of carbonyl (C=O) groups is 2. The molecule has 1 amide bonds. The fraction of sp³-hybridized carbons (Fsp3) is 0.273. The lowest BCUT2D eigenvalue weighted by Gasteiger charge is -2.05. The van der Waals surface area contributed by atoms with Crippen molar-refractivity contribution >= 4 is 29.2 Å². The van der Waals surface area contributed by atoms with E-state index in [4.69, 9.17) is 11.6 Å². The number of benzene rings is 1. The van der Waals surface area contributed by atoms with Crippen LogP contribution in [-0.2, 0) is 14.3 Å². The molecular formula is C11H11ClFNO3. The number of nitrogens with one attached hydrogen (secondary N) is 1. The maximum atomic E-state index is 12.8. The van der Waals surface area contributed by atoms with E-state index >= 15 is 0 Å². The summed E-state index contributed by atoms with van der Waals surface area (Å²) in [6.45, 7) is 1.87. The highest BCUT2D eigenvalue weighted by Gasteiger charge is 2.11. The van der Waals surface area contributed by atoms with Crippen molar-refractivity contribution in [2.45, 2.75) is 13.3 Å². The molecule has 0 saturated carbocycles. The van der Waals surface area contributed by atoms with E-state index in [-0.39, 0.29) is 18.1 Å². The van der Waals surface area contributed by atoms with Gasteiger partial charge in [-0.1, -0.05) is 11.6 Å². The second-order valence-electron chi connectivity index (χ2n) is 3.16. The zero-order valence-electron chi connectivity index (χ0n) is 9.13. The smallest absolute Gasteiger partial charge is 0.315 e. The Morgan fingerprint density at radius 2 is 2.18 bits per heavy atom. The Balaban J connectivity index is 2.56. The van der Waals surface area contributed by atoms with E-state index in [1.54, 1.807) is 6.92 Å². The van der Waals surface area contributed by atoms with Gasteiger partial charge < -0.3 is 10.1 Å². The molecule has 6 heteroatoms. The second-order valence-corrected chi connectivity index (χ2v) is 3.57. The van der Waals surface area contributed by atoms with Crippen LogP contribution in [0, 0.1) is 5.82 Å². The number of carbonyl (C=O) groups excluding carboxylic acids is 2. The van der Waals surface area contributed by atoms with Crippen molar-refractivity contribution in [2.24, 2.45) is 0 Å². The van der Waals surface area contributed by atoms with Crippen LogP contribution < -0.4 is 5.32 Å². The lowest BCUT2D eigenvalue weighted by atomic mass is 10.3. The standard InChI is InChI=1S/C11H11ClFNO3/c1-2-17-11(16)6-10(15)14-7-3-4-9(13)8(12)5-7/h3-5H,2,6H2,1H3,(H,14,15). The third-order valence-electron chi connectivity index (χ3n) is 1.81. The minimum atomic E-state index is -0.613. The van der Waals surface area contributed by atoms with Crippen LogP contribution in [0.25, 0.3) is 0 Å². The molecule has 0 unspecified atom stereocenters. The number of amides is 1. The number of halogens is 2. The zero-order chi connectivity index (χ0) is 12.8. The minimum absolute atomic E-state index is 0.0982. The molecule has 0 spiro atoms. The third kappa shape index (κ3) is 4.40. The number of anilines is 1. The van der Waals surface area contributed by atoms with Crippen LogP contribution in [-0.4, -0.2) is 18.5 Å². The van der Waals surface area contributed by atoms with Gasteiger partial charge in [0.05, 0.1) is 11.6 Å². The Morgan fingerprint density at radius 3 is 2.76 bits per heavy atom. The van der Waals surface area contributed by atoms with Crippen LogP contribution in [0.5, 0.6) is 0 Å². The molecule has 1 aromatic carbocycles. The van der Waals surface area contributed by atoms with Gasteiger partial charge in [0.25, 0.3) is 0 Å². The first-order valence-electron chi connectivity index (χ1n) is 4.93. The summed E-state index contributed by atoms with van der Waals surface area (Å²) < 4.78 is 17.4. The van der Waals surface area contributed by atoms with E-state index in [1.165, 1.54) is 12.1 Å². The SMILES string of the molecule is CCOC(=O)CC(=O)Nc1ccc(F)c(Cl)c1. The summed E-state index contributed by atoms with van der Waals surface area (Å²) >= 11 is 5.53. The summed E-state index contributed by atoms with van der Waals surface area (Å²) in [5, 5.41) is 2.31. The molecule has 0 aromatic heterocycles. The van der Waals surface area contributed by atoms with Crippen molar-refractivity contribution < 1.29 is 18.7 Å². The van der Waals surface area contributed by atoms with Crippen LogP contribution in [0.3, 0.4) is 0 Å². The molecule has 17 heavy (non-hydrogen) atoms. The molecule has 0 fully saturated rings. The minimum Gasteiger partial charge on any atom is -0.466 e. The summed E-state index contributed by atoms with van der Waals surface area (Å²) in [4.78, 5) is 22.3. The molecule has 0 aliphatic rings. The quantitative estimate of drug-likeness (QED) is 0.667. The van der Waals surface area contributed by atoms with Crippen LogP contribution in [0.1, 0.15) is 13.3 Å². The Kier molecular flexibility index (Phi) is 4.90. The Hall–Kier alpha value is -1.62. The normalized spacial score (nSPS) is 9.82. The fourth-order valence-electron chi connectivity index (χ4n) is 1.12. The fourth-order valence-corrected chi connectivity index (χ4v) is 1.30. The monoisotopic (exact) mass is 259 g/mol. The molecule has 0 heterocycles. The van der Waals surface area contributed by atoms with Gasteiger partial charge in [-0.3, -0.25) is 9.59 Å². The van der Waals surface area contributed by atoms with E-state index in [0.717, 1.165) is 6.07 Å². The molecule has 92 valence electrons. The number of hydrogen-bond donors (Lipinski definition) is 1. The highest BCUT2D eigenvalue weighted by molar-refractivity contribution is 6.31. The average molecular weight is 260 g/mol. The van der Waals surface area contributed by atoms with Gasteiger partial charge in [-0.2, -0.15) is 0 Å². The summed E-state index contributed by atoms with van der Waals surface area (Å²) in [5.41, 5.74) is 0.325. The molecule has 1 N–H and O–H groups in total. The maximum absolute atomic E-state index is 12.8. The van der Waals surface area contributed by atoms with Gasteiger partial charge >= 0.3 is 5.97 Å². The third-order valence-corrected chi connectivity index (χ3v) is 2.10. The van der Waals surface area contributed by atoms with E-state index in [2.05, 4.69) is 10.1 Å². The summed E-state index contributed by atoms with van der Waals surface area (Å²) in [6, 6.07) is 3.74. The first kappa shape index (κ1) is 13.4. The summed E-state index contributed by atoms with van der Waals surface area (Å²) in [5.74, 6) is -1.72. The van der Waals surface area contributed by atoms with Gasteiger partial charge in [0.2, 0.25) is 5.91 Å². The van der Waals surface area contributed by atoms with Gasteiger partial charge in [-0.25, -0.2) is 4.39 Å². The highest BCUT2D eigenvalue weighted by atomic mass is 35.5. The lowest BCUT2D eigenvalue weighted by molar-refractivity contribution is -0.145. The Morgan fingerprint density at radius 1 is 1.47 bits per heavy atom. The van der Waals surface area contributed by atoms with Crippen LogP contribution in [0.15, 0.2) is 18.2 Å². The van der Waals surface area contributed by atoms with Crippen LogP contribution in [0.2, 0.25) is 5.02 Å². The molecule has 0 aliphatic heterocycles. The van der Waals surface area contributed by atoms with Crippen molar-refractivity contribution in [1.29, 1.82) is 0 Å². The van der Waals surface area contributed by atoms with E-state index < -0.39 is 17.7 Å². The Labute approximate surface area is 103 Å². The second kappa shape index (κ2) is 6.20. The van der Waals surface area contributed by atoms with Crippen LogP contribution >= 0.6 is 11.6 Å². The molecular weight excluding hydrogens is 249 g/mol. The van der Waals surface area contributed by atoms with Gasteiger partial charge in [0, 0.05) is 5.69 Å². The molecule has 0 radical (unpaired) electrons. The number of rotatable bonds is 4. The van der Waals surface area contributed by atoms with Crippen LogP contribution in [0.4, 0.5) is 10.1 Å². The Bertz CT molecular complexity index is 437. The van der Waals surface area contributed by atoms with Gasteiger partial charge in [0.1, 0.15) is 12.2 Å². The zero-order valence-corrected chi connectivity index (χ0v) is 9.88. The number of esters is 1. The molecule has 1 aromatic rings. The van der Waals surface area contributed by atoms with E-state index in [1.807, 2.05) is 0 Å². The highest BCUT2D eigenvalue weighted by Crippen LogP contribution is 2.19. The first-order chi connectivity index (χ1) is 8.02. The number of hydrogen-bond acceptors (Lipinski definition) is 3. The number of ether oxygens (including phenoxy) is 1. The molecule has 0 atom stereocenters. The van der Waals surface area contributed by atoms with Gasteiger partial charge in [-0.15, -0.1) is 0 Å². The predicted octanol–water partition coefficient (Wildman–Crippen LogP) is 2.37. The van der Waals surface area contributed by atoms with Crippen molar-refractivity contribution in [3.63, 3.8) is 0 Å². The molecule has 1 rings (SSSR count). The molecule has 4 nitrogen and oxygen atoms in total. The molecule has 0 bridgehead atoms. The van der Waals surface area contributed by atoms with Gasteiger partial charge in [0.15, 0.2) is 0 Å². The predicted molar refractivity (Wildman–Crippen MR) is 61.3 cm³/mol. The molecule has 0 saturated heterocycles. The average Bonchev–Trinajstić information content (AvgIpc) is 2.23. The van der Waals surface area contributed by atoms with Gasteiger partial charge in [-0.05, 0) is 25.1 Å². The topological polar surface area (TPSA) is 55.4 Å². The van der Waals surface area contributed by atoms with E-state index in [0.29, 0.717) is 5.69 Å². The van der Waals surface area contributed by atoms with E-state index in [9.17, 15) is 14.0 Å². The maximum Gasteiger partial charge on any atom is 0.315 e.